The summed E-state index contributed by atoms with van der Waals surface area (Å²) in [6, 6.07) is 7.78. The van der Waals surface area contributed by atoms with E-state index in [1.165, 1.54) is 0 Å². The zero-order valence-electron chi connectivity index (χ0n) is 10.6. The molecular formula is C14H16N4O. The van der Waals surface area contributed by atoms with Gasteiger partial charge in [-0.3, -0.25) is 0 Å². The summed E-state index contributed by atoms with van der Waals surface area (Å²) in [5, 5.41) is 18.4. The van der Waals surface area contributed by atoms with Crippen molar-refractivity contribution in [2.45, 2.75) is 18.9 Å². The Bertz CT molecular complexity index is 617. The number of rotatable bonds is 1. The van der Waals surface area contributed by atoms with Crippen molar-refractivity contribution in [1.29, 1.82) is 0 Å². The Balaban J connectivity index is 1.65. The number of fused-ring (bicyclic) bond motifs is 2. The summed E-state index contributed by atoms with van der Waals surface area (Å²) < 4.78 is 0. The molecule has 1 saturated carbocycles. The first-order valence-electron chi connectivity index (χ1n) is 6.84. The van der Waals surface area contributed by atoms with Gasteiger partial charge in [-0.15, -0.1) is 10.2 Å². The second-order valence-corrected chi connectivity index (χ2v) is 5.57. The van der Waals surface area contributed by atoms with Crippen LogP contribution in [0.1, 0.15) is 12.8 Å². The van der Waals surface area contributed by atoms with Crippen molar-refractivity contribution in [3.8, 4) is 0 Å². The van der Waals surface area contributed by atoms with Crippen LogP contribution in [-0.4, -0.2) is 39.5 Å². The van der Waals surface area contributed by atoms with Gasteiger partial charge in [-0.05, 0) is 30.9 Å². The summed E-state index contributed by atoms with van der Waals surface area (Å²) in [6.07, 6.45) is 1.91. The predicted molar refractivity (Wildman–Crippen MR) is 71.8 cm³/mol. The molecule has 1 saturated heterocycles. The monoisotopic (exact) mass is 256 g/mol. The summed E-state index contributed by atoms with van der Waals surface area (Å²) >= 11 is 0. The molecule has 1 N–H and O–H groups in total. The number of para-hydroxylation sites is 1. The number of aromatic nitrogens is 3. The van der Waals surface area contributed by atoms with E-state index in [1.807, 2.05) is 24.3 Å². The molecule has 0 amide bonds. The summed E-state index contributed by atoms with van der Waals surface area (Å²) in [7, 11) is 0. The van der Waals surface area contributed by atoms with Gasteiger partial charge < -0.3 is 10.0 Å². The molecule has 1 aromatic carbocycles. The Morgan fingerprint density at radius 1 is 1.05 bits per heavy atom. The molecule has 2 aromatic rings. The van der Waals surface area contributed by atoms with Crippen LogP contribution >= 0.6 is 0 Å². The van der Waals surface area contributed by atoms with Crippen LogP contribution in [0.4, 0.5) is 5.95 Å². The van der Waals surface area contributed by atoms with E-state index in [0.29, 0.717) is 17.8 Å². The molecule has 4 rings (SSSR count). The summed E-state index contributed by atoms with van der Waals surface area (Å²) in [5.74, 6) is 1.67. The van der Waals surface area contributed by atoms with Crippen LogP contribution in [0, 0.1) is 11.8 Å². The molecule has 3 atom stereocenters. The van der Waals surface area contributed by atoms with E-state index in [-0.39, 0.29) is 6.10 Å². The fourth-order valence-electron chi connectivity index (χ4n) is 3.41. The average molecular weight is 256 g/mol. The zero-order valence-corrected chi connectivity index (χ0v) is 10.6. The van der Waals surface area contributed by atoms with Gasteiger partial charge in [0, 0.05) is 19.0 Å². The summed E-state index contributed by atoms with van der Waals surface area (Å²) in [4.78, 5) is 6.74. The van der Waals surface area contributed by atoms with Gasteiger partial charge in [0.15, 0.2) is 0 Å². The minimum absolute atomic E-state index is 0.150. The third kappa shape index (κ3) is 1.76. The first-order chi connectivity index (χ1) is 9.31. The molecule has 3 unspecified atom stereocenters. The first kappa shape index (κ1) is 11.1. The molecule has 19 heavy (non-hydrogen) atoms. The van der Waals surface area contributed by atoms with E-state index >= 15 is 0 Å². The van der Waals surface area contributed by atoms with Crippen molar-refractivity contribution in [3.05, 3.63) is 24.3 Å². The molecule has 2 heterocycles. The molecule has 0 spiro atoms. The average Bonchev–Trinajstić information content (AvgIpc) is 3.01. The van der Waals surface area contributed by atoms with Crippen molar-refractivity contribution >= 4 is 17.0 Å². The maximum atomic E-state index is 9.95. The largest absolute Gasteiger partial charge is 0.393 e. The van der Waals surface area contributed by atoms with E-state index < -0.39 is 0 Å². The lowest BCUT2D eigenvalue weighted by atomic mass is 10.00. The Hall–Kier alpha value is -1.75. The van der Waals surface area contributed by atoms with Crippen LogP contribution in [-0.2, 0) is 0 Å². The normalized spacial score (nSPS) is 29.9. The number of hydrogen-bond donors (Lipinski definition) is 1. The second kappa shape index (κ2) is 4.13. The van der Waals surface area contributed by atoms with Gasteiger partial charge in [0.25, 0.3) is 0 Å². The van der Waals surface area contributed by atoms with Gasteiger partial charge in [-0.25, -0.2) is 4.98 Å². The molecule has 1 aromatic heterocycles. The number of benzene rings is 1. The Kier molecular flexibility index (Phi) is 2.41. The van der Waals surface area contributed by atoms with Gasteiger partial charge in [0.1, 0.15) is 5.52 Å². The van der Waals surface area contributed by atoms with Crippen LogP contribution in [0.2, 0.25) is 0 Å². The van der Waals surface area contributed by atoms with Gasteiger partial charge in [0.05, 0.1) is 11.6 Å². The zero-order chi connectivity index (χ0) is 12.8. The molecule has 0 radical (unpaired) electrons. The van der Waals surface area contributed by atoms with Crippen molar-refractivity contribution in [2.75, 3.05) is 18.0 Å². The third-order valence-electron chi connectivity index (χ3n) is 4.45. The molecule has 2 aliphatic rings. The van der Waals surface area contributed by atoms with Gasteiger partial charge in [-0.1, -0.05) is 12.1 Å². The lowest BCUT2D eigenvalue weighted by molar-refractivity contribution is 0.133. The number of aliphatic hydroxyl groups excluding tert-OH is 1. The SMILES string of the molecule is OC1CCC2CN(c3nnc4ccccc4n3)CC12. The fourth-order valence-corrected chi connectivity index (χ4v) is 3.41. The smallest absolute Gasteiger partial charge is 0.245 e. The summed E-state index contributed by atoms with van der Waals surface area (Å²) in [5.41, 5.74) is 1.70. The Morgan fingerprint density at radius 3 is 2.74 bits per heavy atom. The van der Waals surface area contributed by atoms with Crippen LogP contribution in [0.3, 0.4) is 0 Å². The van der Waals surface area contributed by atoms with Gasteiger partial charge in [-0.2, -0.15) is 0 Å². The lowest BCUT2D eigenvalue weighted by Crippen LogP contribution is -2.26. The lowest BCUT2D eigenvalue weighted by Gasteiger charge is -2.17. The summed E-state index contributed by atoms with van der Waals surface area (Å²) in [6.45, 7) is 1.80. The van der Waals surface area contributed by atoms with E-state index in [1.54, 1.807) is 0 Å². The van der Waals surface area contributed by atoms with Crippen molar-refractivity contribution in [3.63, 3.8) is 0 Å². The van der Waals surface area contributed by atoms with E-state index in [9.17, 15) is 5.11 Å². The highest BCUT2D eigenvalue weighted by atomic mass is 16.3. The van der Waals surface area contributed by atoms with Crippen LogP contribution in [0.5, 0.6) is 0 Å². The van der Waals surface area contributed by atoms with Gasteiger partial charge in [0.2, 0.25) is 5.95 Å². The Morgan fingerprint density at radius 2 is 1.89 bits per heavy atom. The minimum Gasteiger partial charge on any atom is -0.393 e. The number of hydrogen-bond acceptors (Lipinski definition) is 5. The van der Waals surface area contributed by atoms with E-state index in [4.69, 9.17) is 0 Å². The predicted octanol–water partition coefficient (Wildman–Crippen LogP) is 1.23. The number of aliphatic hydroxyl groups is 1. The number of anilines is 1. The standard InChI is InChI=1S/C14H16N4O/c19-13-6-5-9-7-18(8-10(9)13)14-15-11-3-1-2-4-12(11)16-17-14/h1-4,9-10,13,19H,5-8H2. The van der Waals surface area contributed by atoms with E-state index in [2.05, 4.69) is 20.1 Å². The molecule has 1 aliphatic heterocycles. The molecule has 0 bridgehead atoms. The maximum Gasteiger partial charge on any atom is 0.245 e. The number of nitrogens with zero attached hydrogens (tertiary/aromatic N) is 4. The van der Waals surface area contributed by atoms with Gasteiger partial charge >= 0.3 is 0 Å². The highest BCUT2D eigenvalue weighted by molar-refractivity contribution is 5.74. The third-order valence-corrected chi connectivity index (χ3v) is 4.45. The minimum atomic E-state index is -0.150. The molecule has 5 nitrogen and oxygen atoms in total. The van der Waals surface area contributed by atoms with Crippen molar-refractivity contribution in [2.24, 2.45) is 11.8 Å². The quantitative estimate of drug-likeness (QED) is 0.831. The molecule has 2 fully saturated rings. The molecule has 5 heteroatoms. The molecule has 1 aliphatic carbocycles. The maximum absolute atomic E-state index is 9.95. The Labute approximate surface area is 111 Å². The van der Waals surface area contributed by atoms with Crippen molar-refractivity contribution in [1.82, 2.24) is 15.2 Å². The highest BCUT2D eigenvalue weighted by Crippen LogP contribution is 2.39. The molecular weight excluding hydrogens is 240 g/mol. The van der Waals surface area contributed by atoms with Crippen LogP contribution in [0.25, 0.3) is 11.0 Å². The fraction of sp³-hybridized carbons (Fsp3) is 0.500. The first-order valence-corrected chi connectivity index (χ1v) is 6.84. The van der Waals surface area contributed by atoms with E-state index in [0.717, 1.165) is 37.0 Å². The van der Waals surface area contributed by atoms with Crippen LogP contribution < -0.4 is 4.90 Å². The topological polar surface area (TPSA) is 62.1 Å². The second-order valence-electron chi connectivity index (χ2n) is 5.57. The molecule has 98 valence electrons. The van der Waals surface area contributed by atoms with Crippen molar-refractivity contribution < 1.29 is 5.11 Å². The highest BCUT2D eigenvalue weighted by Gasteiger charge is 2.42. The van der Waals surface area contributed by atoms with Crippen LogP contribution in [0.15, 0.2) is 24.3 Å².